The third-order valence-corrected chi connectivity index (χ3v) is 4.69. The maximum Gasteiger partial charge on any atom is 0.225 e. The normalized spacial score (nSPS) is 22.7. The zero-order valence-electron chi connectivity index (χ0n) is 13.5. The summed E-state index contributed by atoms with van der Waals surface area (Å²) in [6.07, 6.45) is 3.37. The molecule has 2 aliphatic heterocycles. The van der Waals surface area contributed by atoms with Crippen LogP contribution in [0.1, 0.15) is 25.7 Å². The Bertz CT molecular complexity index is 581. The first-order valence-corrected chi connectivity index (χ1v) is 8.73. The smallest absolute Gasteiger partial charge is 0.225 e. The minimum absolute atomic E-state index is 0.155. The van der Waals surface area contributed by atoms with Crippen LogP contribution in [0.3, 0.4) is 0 Å². The molecule has 24 heavy (non-hydrogen) atoms. The molecule has 0 spiro atoms. The van der Waals surface area contributed by atoms with Crippen LogP contribution in [0.2, 0.25) is 5.02 Å². The van der Waals surface area contributed by atoms with Crippen LogP contribution in [-0.2, 0) is 14.3 Å². The molecule has 132 valence electrons. The van der Waals surface area contributed by atoms with Crippen molar-refractivity contribution in [2.24, 2.45) is 0 Å². The quantitative estimate of drug-likeness (QED) is 0.881. The zero-order chi connectivity index (χ0) is 16.9. The number of hydrogen-bond donors (Lipinski definition) is 1. The lowest BCUT2D eigenvalue weighted by Crippen LogP contribution is -2.48. The number of anilines is 1. The molecule has 0 aliphatic carbocycles. The second-order valence-corrected chi connectivity index (χ2v) is 6.57. The van der Waals surface area contributed by atoms with Gasteiger partial charge in [-0.15, -0.1) is 0 Å². The first-order valence-electron chi connectivity index (χ1n) is 8.35. The fraction of sp³-hybridized carbons (Fsp3) is 0.588. The van der Waals surface area contributed by atoms with Crippen LogP contribution < -0.4 is 5.32 Å². The molecule has 1 N–H and O–H groups in total. The van der Waals surface area contributed by atoms with Crippen molar-refractivity contribution in [3.05, 3.63) is 29.0 Å². The molecule has 1 aromatic carbocycles. The average molecular weight is 357 g/mol. The molecular formula is C17H22ClFN2O3. The van der Waals surface area contributed by atoms with Crippen molar-refractivity contribution in [3.8, 4) is 0 Å². The van der Waals surface area contributed by atoms with Gasteiger partial charge in [0, 0.05) is 18.0 Å². The van der Waals surface area contributed by atoms with E-state index >= 15 is 0 Å². The molecule has 0 radical (unpaired) electrons. The summed E-state index contributed by atoms with van der Waals surface area (Å²) < 4.78 is 25.0. The molecule has 2 heterocycles. The summed E-state index contributed by atoms with van der Waals surface area (Å²) in [5, 5.41) is 2.90. The van der Waals surface area contributed by atoms with Crippen molar-refractivity contribution < 1.29 is 18.7 Å². The number of nitrogens with one attached hydrogen (secondary N) is 1. The maximum absolute atomic E-state index is 13.7. The number of ether oxygens (including phenoxy) is 2. The average Bonchev–Trinajstić information content (AvgIpc) is 3.10. The molecule has 5 nitrogen and oxygen atoms in total. The van der Waals surface area contributed by atoms with Gasteiger partial charge in [-0.2, -0.15) is 0 Å². The van der Waals surface area contributed by atoms with Gasteiger partial charge in [-0.1, -0.05) is 18.0 Å². The lowest BCUT2D eigenvalue weighted by atomic mass is 10.0. The lowest BCUT2D eigenvalue weighted by Gasteiger charge is -2.37. The predicted molar refractivity (Wildman–Crippen MR) is 89.6 cm³/mol. The Labute approximate surface area is 146 Å². The molecule has 1 amide bonds. The number of amides is 1. The van der Waals surface area contributed by atoms with Crippen LogP contribution in [0.25, 0.3) is 0 Å². The van der Waals surface area contributed by atoms with Gasteiger partial charge >= 0.3 is 0 Å². The number of piperidine rings is 1. The third kappa shape index (κ3) is 4.45. The Morgan fingerprint density at radius 1 is 1.33 bits per heavy atom. The number of halogens is 2. The molecule has 1 unspecified atom stereocenters. The summed E-state index contributed by atoms with van der Waals surface area (Å²) in [7, 11) is 0. The van der Waals surface area contributed by atoms with Crippen LogP contribution in [0.15, 0.2) is 18.2 Å². The minimum atomic E-state index is -0.528. The zero-order valence-corrected chi connectivity index (χ0v) is 14.2. The Morgan fingerprint density at radius 2 is 2.12 bits per heavy atom. The number of benzene rings is 1. The van der Waals surface area contributed by atoms with Crippen LogP contribution in [-0.4, -0.2) is 49.4 Å². The van der Waals surface area contributed by atoms with Crippen LogP contribution in [0, 0.1) is 5.82 Å². The highest BCUT2D eigenvalue weighted by molar-refractivity contribution is 6.30. The predicted octanol–water partition coefficient (Wildman–Crippen LogP) is 3.04. The SMILES string of the molecule is O=C(CCN1CCCCC1C1OCCO1)Nc1ccc(Cl)cc1F. The summed E-state index contributed by atoms with van der Waals surface area (Å²) in [6.45, 7) is 2.79. The molecule has 2 aliphatic rings. The number of rotatable bonds is 5. The monoisotopic (exact) mass is 356 g/mol. The molecule has 0 saturated carbocycles. The molecule has 1 aromatic rings. The van der Waals surface area contributed by atoms with Crippen molar-refractivity contribution >= 4 is 23.2 Å². The Morgan fingerprint density at radius 3 is 2.88 bits per heavy atom. The van der Waals surface area contributed by atoms with Crippen molar-refractivity contribution in [2.45, 2.75) is 38.0 Å². The standard InChI is InChI=1S/C17H22ClFN2O3/c18-12-4-5-14(13(19)11-12)20-16(22)6-8-21-7-2-1-3-15(21)17-23-9-10-24-17/h4-5,11,15,17H,1-3,6-10H2,(H,20,22). The molecule has 3 rings (SSSR count). The number of nitrogens with zero attached hydrogens (tertiary/aromatic N) is 1. The topological polar surface area (TPSA) is 50.8 Å². The molecule has 2 fully saturated rings. The maximum atomic E-state index is 13.7. The lowest BCUT2D eigenvalue weighted by molar-refractivity contribution is -0.120. The Kier molecular flexibility index (Phi) is 6.05. The van der Waals surface area contributed by atoms with E-state index in [2.05, 4.69) is 10.2 Å². The fourth-order valence-corrected chi connectivity index (χ4v) is 3.41. The fourth-order valence-electron chi connectivity index (χ4n) is 3.25. The van der Waals surface area contributed by atoms with E-state index in [0.717, 1.165) is 25.8 Å². The van der Waals surface area contributed by atoms with Crippen LogP contribution in [0.5, 0.6) is 0 Å². The van der Waals surface area contributed by atoms with Gasteiger partial charge in [0.1, 0.15) is 5.82 Å². The van der Waals surface area contributed by atoms with E-state index in [1.54, 1.807) is 6.07 Å². The van der Waals surface area contributed by atoms with E-state index < -0.39 is 5.82 Å². The first kappa shape index (κ1) is 17.6. The summed E-state index contributed by atoms with van der Waals surface area (Å²) in [4.78, 5) is 14.4. The Balaban J connectivity index is 1.52. The second kappa shape index (κ2) is 8.25. The molecule has 0 aromatic heterocycles. The van der Waals surface area contributed by atoms with Crippen molar-refractivity contribution in [1.29, 1.82) is 0 Å². The number of carbonyl (C=O) groups is 1. The van der Waals surface area contributed by atoms with Gasteiger partial charge in [0.25, 0.3) is 0 Å². The summed E-state index contributed by atoms with van der Waals surface area (Å²) in [5.74, 6) is -0.742. The summed E-state index contributed by atoms with van der Waals surface area (Å²) in [5.41, 5.74) is 0.155. The molecular weight excluding hydrogens is 335 g/mol. The number of carbonyl (C=O) groups excluding carboxylic acids is 1. The van der Waals surface area contributed by atoms with E-state index in [4.69, 9.17) is 21.1 Å². The highest BCUT2D eigenvalue weighted by Crippen LogP contribution is 2.25. The van der Waals surface area contributed by atoms with Gasteiger partial charge in [-0.25, -0.2) is 4.39 Å². The van der Waals surface area contributed by atoms with Crippen molar-refractivity contribution in [3.63, 3.8) is 0 Å². The van der Waals surface area contributed by atoms with Gasteiger partial charge in [-0.3, -0.25) is 9.69 Å². The summed E-state index contributed by atoms with van der Waals surface area (Å²) >= 11 is 5.71. The van der Waals surface area contributed by atoms with E-state index in [0.29, 0.717) is 31.2 Å². The summed E-state index contributed by atoms with van der Waals surface area (Å²) in [6, 6.07) is 4.41. The van der Waals surface area contributed by atoms with Gasteiger partial charge in [0.15, 0.2) is 6.29 Å². The van der Waals surface area contributed by atoms with Gasteiger partial charge in [0.05, 0.1) is 24.9 Å². The van der Waals surface area contributed by atoms with E-state index in [9.17, 15) is 9.18 Å². The van der Waals surface area contributed by atoms with Crippen molar-refractivity contribution in [1.82, 2.24) is 4.90 Å². The largest absolute Gasteiger partial charge is 0.349 e. The third-order valence-electron chi connectivity index (χ3n) is 4.46. The number of hydrogen-bond acceptors (Lipinski definition) is 4. The van der Waals surface area contributed by atoms with Crippen LogP contribution >= 0.6 is 11.6 Å². The highest BCUT2D eigenvalue weighted by atomic mass is 35.5. The Hall–Kier alpha value is -1.21. The highest BCUT2D eigenvalue weighted by Gasteiger charge is 2.33. The van der Waals surface area contributed by atoms with Gasteiger partial charge < -0.3 is 14.8 Å². The van der Waals surface area contributed by atoms with Crippen molar-refractivity contribution in [2.75, 3.05) is 31.6 Å². The molecule has 7 heteroatoms. The molecule has 2 saturated heterocycles. The second-order valence-electron chi connectivity index (χ2n) is 6.13. The van der Waals surface area contributed by atoms with E-state index in [1.165, 1.54) is 12.1 Å². The minimum Gasteiger partial charge on any atom is -0.349 e. The van der Waals surface area contributed by atoms with Gasteiger partial charge in [-0.05, 0) is 37.6 Å². The van der Waals surface area contributed by atoms with E-state index in [1.807, 2.05) is 0 Å². The van der Waals surface area contributed by atoms with Gasteiger partial charge in [0.2, 0.25) is 5.91 Å². The molecule has 0 bridgehead atoms. The molecule has 1 atom stereocenters. The van der Waals surface area contributed by atoms with E-state index in [-0.39, 0.29) is 23.9 Å². The first-order chi connectivity index (χ1) is 11.6. The number of likely N-dealkylation sites (tertiary alicyclic amines) is 1. The van der Waals surface area contributed by atoms with Crippen LogP contribution in [0.4, 0.5) is 10.1 Å².